The molecule has 3 rings (SSSR count). The van der Waals surface area contributed by atoms with Crippen LogP contribution in [0.5, 0.6) is 0 Å². The molecule has 2 aliphatic heterocycles. The van der Waals surface area contributed by atoms with Gasteiger partial charge in [-0.25, -0.2) is 0 Å². The number of likely N-dealkylation sites (tertiary alicyclic amines) is 2. The first kappa shape index (κ1) is 20.5. The standard InChI is InChI=1S/C18H32N6.HI/c1-3-19-18(20-7-11-24-13-16(2)12-21-24)23-10-6-17(15-23)14-22-8-4-5-9-22;/h12-13,17H,3-11,14-15H2,1-2H3,(H,19,20);1H. The fraction of sp³-hybridized carbons (Fsp3) is 0.778. The molecule has 2 aliphatic rings. The first-order valence-electron chi connectivity index (χ1n) is 9.49. The summed E-state index contributed by atoms with van der Waals surface area (Å²) in [4.78, 5) is 9.90. The summed E-state index contributed by atoms with van der Waals surface area (Å²) < 4.78 is 1.97. The molecule has 6 nitrogen and oxygen atoms in total. The van der Waals surface area contributed by atoms with E-state index >= 15 is 0 Å². The number of aliphatic imine (C=N–C) groups is 1. The first-order chi connectivity index (χ1) is 11.7. The maximum absolute atomic E-state index is 4.82. The van der Waals surface area contributed by atoms with Gasteiger partial charge in [0, 0.05) is 32.4 Å². The Kier molecular flexibility index (Phi) is 8.48. The van der Waals surface area contributed by atoms with Crippen molar-refractivity contribution >= 4 is 29.9 Å². The molecule has 3 heterocycles. The van der Waals surface area contributed by atoms with Crippen molar-refractivity contribution in [3.63, 3.8) is 0 Å². The zero-order chi connectivity index (χ0) is 16.8. The van der Waals surface area contributed by atoms with E-state index in [9.17, 15) is 0 Å². The molecule has 142 valence electrons. The number of nitrogens with one attached hydrogen (secondary N) is 1. The van der Waals surface area contributed by atoms with Gasteiger partial charge in [0.1, 0.15) is 0 Å². The van der Waals surface area contributed by atoms with Crippen LogP contribution in [0.3, 0.4) is 0 Å². The van der Waals surface area contributed by atoms with Crippen LogP contribution in [0.25, 0.3) is 0 Å². The summed E-state index contributed by atoms with van der Waals surface area (Å²) in [5.74, 6) is 1.87. The third-order valence-corrected chi connectivity index (χ3v) is 4.99. The van der Waals surface area contributed by atoms with Crippen LogP contribution in [0.2, 0.25) is 0 Å². The Balaban J connectivity index is 0.00000225. The van der Waals surface area contributed by atoms with Crippen LogP contribution in [-0.2, 0) is 6.54 Å². The Hall–Kier alpha value is -0.830. The fourth-order valence-corrected chi connectivity index (χ4v) is 3.78. The van der Waals surface area contributed by atoms with Gasteiger partial charge in [0.25, 0.3) is 0 Å². The van der Waals surface area contributed by atoms with Gasteiger partial charge >= 0.3 is 0 Å². The molecule has 0 aliphatic carbocycles. The van der Waals surface area contributed by atoms with Crippen LogP contribution < -0.4 is 5.32 Å². The number of guanidine groups is 1. The van der Waals surface area contributed by atoms with Gasteiger partial charge in [0.05, 0.1) is 19.3 Å². The molecule has 1 N–H and O–H groups in total. The smallest absolute Gasteiger partial charge is 0.193 e. The summed E-state index contributed by atoms with van der Waals surface area (Å²) in [6.07, 6.45) is 8.03. The summed E-state index contributed by atoms with van der Waals surface area (Å²) >= 11 is 0. The zero-order valence-corrected chi connectivity index (χ0v) is 18.0. The van der Waals surface area contributed by atoms with Crippen molar-refractivity contribution in [1.29, 1.82) is 0 Å². The highest BCUT2D eigenvalue weighted by Crippen LogP contribution is 2.20. The molecular weight excluding hydrogens is 427 g/mol. The van der Waals surface area contributed by atoms with Crippen molar-refractivity contribution in [2.75, 3.05) is 45.8 Å². The lowest BCUT2D eigenvalue weighted by atomic mass is 10.1. The monoisotopic (exact) mass is 460 g/mol. The minimum absolute atomic E-state index is 0. The Morgan fingerprint density at radius 3 is 2.80 bits per heavy atom. The number of hydrogen-bond donors (Lipinski definition) is 1. The topological polar surface area (TPSA) is 48.7 Å². The molecule has 2 saturated heterocycles. The molecule has 2 fully saturated rings. The van der Waals surface area contributed by atoms with Gasteiger partial charge in [-0.05, 0) is 57.7 Å². The van der Waals surface area contributed by atoms with Gasteiger partial charge in [0.2, 0.25) is 0 Å². The summed E-state index contributed by atoms with van der Waals surface area (Å²) in [6.45, 7) is 12.9. The normalized spacial score (nSPS) is 21.6. The van der Waals surface area contributed by atoms with Crippen LogP contribution in [-0.4, -0.2) is 71.4 Å². The predicted molar refractivity (Wildman–Crippen MR) is 114 cm³/mol. The number of rotatable bonds is 6. The Bertz CT molecular complexity index is 537. The maximum atomic E-state index is 4.82. The molecule has 25 heavy (non-hydrogen) atoms. The highest BCUT2D eigenvalue weighted by molar-refractivity contribution is 14.0. The zero-order valence-electron chi connectivity index (χ0n) is 15.7. The third-order valence-electron chi connectivity index (χ3n) is 4.99. The number of nitrogens with zero attached hydrogens (tertiary/aromatic N) is 5. The summed E-state index contributed by atoms with van der Waals surface area (Å²) in [7, 11) is 0. The average Bonchev–Trinajstić information content (AvgIpc) is 3.30. The van der Waals surface area contributed by atoms with Crippen molar-refractivity contribution < 1.29 is 0 Å². The second kappa shape index (κ2) is 10.4. The van der Waals surface area contributed by atoms with E-state index in [1.54, 1.807) is 0 Å². The van der Waals surface area contributed by atoms with Gasteiger partial charge in [-0.1, -0.05) is 0 Å². The molecule has 0 aromatic carbocycles. The summed E-state index contributed by atoms with van der Waals surface area (Å²) in [5.41, 5.74) is 1.20. The average molecular weight is 460 g/mol. The molecule has 0 bridgehead atoms. The van der Waals surface area contributed by atoms with Crippen LogP contribution >= 0.6 is 24.0 Å². The van der Waals surface area contributed by atoms with Crippen molar-refractivity contribution in [2.24, 2.45) is 10.9 Å². The lowest BCUT2D eigenvalue weighted by Crippen LogP contribution is -2.41. The van der Waals surface area contributed by atoms with Crippen molar-refractivity contribution in [3.8, 4) is 0 Å². The SMILES string of the molecule is CCNC(=NCCn1cc(C)cn1)N1CCC(CN2CCCC2)C1.I. The van der Waals surface area contributed by atoms with E-state index in [0.29, 0.717) is 0 Å². The van der Waals surface area contributed by atoms with Crippen molar-refractivity contribution in [2.45, 2.75) is 39.7 Å². The molecule has 1 aromatic rings. The maximum Gasteiger partial charge on any atom is 0.193 e. The van der Waals surface area contributed by atoms with Gasteiger partial charge in [0.15, 0.2) is 5.96 Å². The number of halogens is 1. The second-order valence-corrected chi connectivity index (χ2v) is 7.12. The Labute approximate surface area is 169 Å². The molecular formula is C18H33IN6. The molecule has 0 spiro atoms. The molecule has 1 aromatic heterocycles. The highest BCUT2D eigenvalue weighted by atomic mass is 127. The van der Waals surface area contributed by atoms with E-state index < -0.39 is 0 Å². The number of aryl methyl sites for hydroxylation is 1. The van der Waals surface area contributed by atoms with Crippen molar-refractivity contribution in [1.82, 2.24) is 24.9 Å². The molecule has 1 atom stereocenters. The third kappa shape index (κ3) is 6.13. The van der Waals surface area contributed by atoms with E-state index in [0.717, 1.165) is 44.6 Å². The second-order valence-electron chi connectivity index (χ2n) is 7.12. The van der Waals surface area contributed by atoms with E-state index in [2.05, 4.69) is 40.3 Å². The molecule has 7 heteroatoms. The van der Waals surface area contributed by atoms with Crippen LogP contribution in [0, 0.1) is 12.8 Å². The minimum Gasteiger partial charge on any atom is -0.357 e. The van der Waals surface area contributed by atoms with Crippen LogP contribution in [0.1, 0.15) is 31.7 Å². The molecule has 0 saturated carbocycles. The van der Waals surface area contributed by atoms with Crippen LogP contribution in [0.15, 0.2) is 17.4 Å². The van der Waals surface area contributed by atoms with Crippen LogP contribution in [0.4, 0.5) is 0 Å². The lowest BCUT2D eigenvalue weighted by molar-refractivity contribution is 0.281. The Morgan fingerprint density at radius 2 is 2.12 bits per heavy atom. The van der Waals surface area contributed by atoms with Gasteiger partial charge in [-0.15, -0.1) is 24.0 Å². The molecule has 0 amide bonds. The lowest BCUT2D eigenvalue weighted by Gasteiger charge is -2.23. The summed E-state index contributed by atoms with van der Waals surface area (Å²) in [5, 5.41) is 7.80. The van der Waals surface area contributed by atoms with E-state index in [1.807, 2.05) is 10.9 Å². The quantitative estimate of drug-likeness (QED) is 0.402. The van der Waals surface area contributed by atoms with E-state index in [4.69, 9.17) is 4.99 Å². The van der Waals surface area contributed by atoms with Crippen molar-refractivity contribution in [3.05, 3.63) is 18.0 Å². The van der Waals surface area contributed by atoms with E-state index in [-0.39, 0.29) is 24.0 Å². The van der Waals surface area contributed by atoms with E-state index in [1.165, 1.54) is 44.5 Å². The largest absolute Gasteiger partial charge is 0.357 e. The first-order valence-corrected chi connectivity index (χ1v) is 9.49. The van der Waals surface area contributed by atoms with Gasteiger partial charge in [-0.2, -0.15) is 5.10 Å². The number of hydrogen-bond acceptors (Lipinski definition) is 3. The summed E-state index contributed by atoms with van der Waals surface area (Å²) in [6, 6.07) is 0. The molecule has 0 radical (unpaired) electrons. The number of aromatic nitrogens is 2. The fourth-order valence-electron chi connectivity index (χ4n) is 3.78. The molecule has 1 unspecified atom stereocenters. The van der Waals surface area contributed by atoms with Gasteiger partial charge in [-0.3, -0.25) is 9.67 Å². The highest BCUT2D eigenvalue weighted by Gasteiger charge is 2.27. The van der Waals surface area contributed by atoms with Gasteiger partial charge < -0.3 is 15.1 Å². The minimum atomic E-state index is 0. The predicted octanol–water partition coefficient (Wildman–Crippen LogP) is 2.19. The Morgan fingerprint density at radius 1 is 1.32 bits per heavy atom.